The highest BCUT2D eigenvalue weighted by molar-refractivity contribution is 8.00. The van der Waals surface area contributed by atoms with Crippen LogP contribution >= 0.6 is 11.8 Å². The van der Waals surface area contributed by atoms with E-state index in [4.69, 9.17) is 0 Å². The van der Waals surface area contributed by atoms with E-state index in [0.29, 0.717) is 4.75 Å². The van der Waals surface area contributed by atoms with Crippen LogP contribution in [0.3, 0.4) is 0 Å². The summed E-state index contributed by atoms with van der Waals surface area (Å²) < 4.78 is 2.43. The van der Waals surface area contributed by atoms with Crippen LogP contribution in [0, 0.1) is 0 Å². The van der Waals surface area contributed by atoms with E-state index < -0.39 is 0 Å². The maximum absolute atomic E-state index is 4.25. The molecule has 0 amide bonds. The van der Waals surface area contributed by atoms with E-state index in [1.807, 2.05) is 4.68 Å². The van der Waals surface area contributed by atoms with Crippen molar-refractivity contribution < 1.29 is 0 Å². The van der Waals surface area contributed by atoms with Gasteiger partial charge in [0, 0.05) is 42.4 Å². The van der Waals surface area contributed by atoms with Gasteiger partial charge >= 0.3 is 0 Å². The van der Waals surface area contributed by atoms with Gasteiger partial charge in [-0.2, -0.15) is 11.8 Å². The highest BCUT2D eigenvalue weighted by Gasteiger charge is 2.23. The zero-order valence-corrected chi connectivity index (χ0v) is 14.0. The lowest BCUT2D eigenvalue weighted by Crippen LogP contribution is -2.30. The van der Waals surface area contributed by atoms with Crippen molar-refractivity contribution in [2.75, 3.05) is 25.4 Å². The first-order chi connectivity index (χ1) is 10.1. The van der Waals surface area contributed by atoms with Gasteiger partial charge in [0.05, 0.1) is 12.2 Å². The molecule has 5 nitrogen and oxygen atoms in total. The van der Waals surface area contributed by atoms with Gasteiger partial charge in [0.25, 0.3) is 0 Å². The fourth-order valence-corrected chi connectivity index (χ4v) is 3.73. The predicted octanol–water partition coefficient (Wildman–Crippen LogP) is 1.75. The molecule has 1 aromatic heterocycles. The van der Waals surface area contributed by atoms with Gasteiger partial charge < -0.3 is 10.2 Å². The molecule has 2 fully saturated rings. The van der Waals surface area contributed by atoms with Crippen LogP contribution in [-0.2, 0) is 13.1 Å². The summed E-state index contributed by atoms with van der Waals surface area (Å²) in [5.74, 6) is 1.24. The standard InChI is InChI=1S/C15H27N5S/c1-15(2)5-6-19(9-10-21-15)7-8-20-12-14(17-18-20)11-16-13-3-4-13/h12-13,16H,3-11H2,1-2H3. The second-order valence-electron chi connectivity index (χ2n) is 6.83. The molecular formula is C15H27N5S. The Labute approximate surface area is 131 Å². The first-order valence-corrected chi connectivity index (χ1v) is 9.08. The van der Waals surface area contributed by atoms with Crippen LogP contribution in [0.2, 0.25) is 0 Å². The van der Waals surface area contributed by atoms with Gasteiger partial charge in [-0.25, -0.2) is 0 Å². The monoisotopic (exact) mass is 309 g/mol. The summed E-state index contributed by atoms with van der Waals surface area (Å²) in [6.07, 6.45) is 5.99. The Balaban J connectivity index is 1.41. The summed E-state index contributed by atoms with van der Waals surface area (Å²) in [4.78, 5) is 2.56. The van der Waals surface area contributed by atoms with Crippen molar-refractivity contribution in [1.82, 2.24) is 25.2 Å². The number of thioether (sulfide) groups is 1. The summed E-state index contributed by atoms with van der Waals surface area (Å²) in [5.41, 5.74) is 1.06. The third-order valence-corrected chi connectivity index (χ3v) is 5.68. The van der Waals surface area contributed by atoms with Gasteiger partial charge in [-0.3, -0.25) is 4.68 Å². The smallest absolute Gasteiger partial charge is 0.0964 e. The number of aromatic nitrogens is 3. The molecule has 1 N–H and O–H groups in total. The molecule has 0 radical (unpaired) electrons. The van der Waals surface area contributed by atoms with Crippen molar-refractivity contribution in [2.24, 2.45) is 0 Å². The minimum absolute atomic E-state index is 0.434. The van der Waals surface area contributed by atoms with E-state index in [1.54, 1.807) is 0 Å². The summed E-state index contributed by atoms with van der Waals surface area (Å²) in [5, 5.41) is 12.0. The molecule has 1 aromatic rings. The van der Waals surface area contributed by atoms with E-state index in [1.165, 1.54) is 38.1 Å². The zero-order chi connectivity index (χ0) is 14.7. The SMILES string of the molecule is CC1(C)CCN(CCn2cc(CNC3CC3)nn2)CCS1. The van der Waals surface area contributed by atoms with Crippen LogP contribution in [0.4, 0.5) is 0 Å². The van der Waals surface area contributed by atoms with E-state index in [9.17, 15) is 0 Å². The summed E-state index contributed by atoms with van der Waals surface area (Å²) in [6, 6.07) is 0.730. The van der Waals surface area contributed by atoms with Crippen molar-refractivity contribution in [3.05, 3.63) is 11.9 Å². The van der Waals surface area contributed by atoms with Crippen LogP contribution < -0.4 is 5.32 Å². The van der Waals surface area contributed by atoms with Gasteiger partial charge in [-0.15, -0.1) is 5.10 Å². The second-order valence-corrected chi connectivity index (χ2v) is 8.63. The molecule has 6 heteroatoms. The molecular weight excluding hydrogens is 282 g/mol. The van der Waals surface area contributed by atoms with Gasteiger partial charge in [-0.1, -0.05) is 19.1 Å². The van der Waals surface area contributed by atoms with Crippen molar-refractivity contribution in [1.29, 1.82) is 0 Å². The van der Waals surface area contributed by atoms with Crippen molar-refractivity contribution in [3.63, 3.8) is 0 Å². The minimum atomic E-state index is 0.434. The topological polar surface area (TPSA) is 46.0 Å². The zero-order valence-electron chi connectivity index (χ0n) is 13.2. The summed E-state index contributed by atoms with van der Waals surface area (Å²) >= 11 is 2.10. The van der Waals surface area contributed by atoms with E-state index in [-0.39, 0.29) is 0 Å². The Kier molecular flexibility index (Phi) is 4.86. The van der Waals surface area contributed by atoms with Crippen LogP contribution in [0.15, 0.2) is 6.20 Å². The average molecular weight is 309 g/mol. The maximum atomic E-state index is 4.25. The molecule has 1 aliphatic carbocycles. The van der Waals surface area contributed by atoms with Crippen LogP contribution in [0.1, 0.15) is 38.8 Å². The van der Waals surface area contributed by atoms with Crippen LogP contribution in [-0.4, -0.2) is 56.1 Å². The molecule has 2 aliphatic rings. The molecule has 21 heavy (non-hydrogen) atoms. The van der Waals surface area contributed by atoms with E-state index >= 15 is 0 Å². The molecule has 118 valence electrons. The van der Waals surface area contributed by atoms with Gasteiger partial charge in [-0.05, 0) is 25.8 Å². The highest BCUT2D eigenvalue weighted by Crippen LogP contribution is 2.30. The molecule has 1 saturated carbocycles. The van der Waals surface area contributed by atoms with Crippen molar-refractivity contribution in [3.8, 4) is 0 Å². The molecule has 2 heterocycles. The lowest BCUT2D eigenvalue weighted by atomic mass is 10.1. The Morgan fingerprint density at radius 2 is 2.19 bits per heavy atom. The fourth-order valence-electron chi connectivity index (χ4n) is 2.60. The number of hydrogen-bond donors (Lipinski definition) is 1. The molecule has 0 bridgehead atoms. The number of nitrogens with one attached hydrogen (secondary N) is 1. The number of rotatable bonds is 6. The normalized spacial score (nSPS) is 23.1. The van der Waals surface area contributed by atoms with Crippen molar-refractivity contribution >= 4 is 11.8 Å². The largest absolute Gasteiger partial charge is 0.308 e. The van der Waals surface area contributed by atoms with Gasteiger partial charge in [0.15, 0.2) is 0 Å². The molecule has 0 spiro atoms. The van der Waals surface area contributed by atoms with Gasteiger partial charge in [0.2, 0.25) is 0 Å². The average Bonchev–Trinajstić information content (AvgIpc) is 3.20. The first kappa shape index (κ1) is 15.3. The number of nitrogens with zero attached hydrogens (tertiary/aromatic N) is 4. The van der Waals surface area contributed by atoms with E-state index in [0.717, 1.165) is 31.4 Å². The molecule has 3 rings (SSSR count). The Morgan fingerprint density at radius 1 is 1.33 bits per heavy atom. The first-order valence-electron chi connectivity index (χ1n) is 8.09. The van der Waals surface area contributed by atoms with Gasteiger partial charge in [0.1, 0.15) is 0 Å². The number of hydrogen-bond acceptors (Lipinski definition) is 5. The lowest BCUT2D eigenvalue weighted by Gasteiger charge is -2.22. The Morgan fingerprint density at radius 3 is 3.00 bits per heavy atom. The minimum Gasteiger partial charge on any atom is -0.308 e. The lowest BCUT2D eigenvalue weighted by molar-refractivity contribution is 0.267. The molecule has 0 atom stereocenters. The molecule has 1 saturated heterocycles. The summed E-state index contributed by atoms with van der Waals surface area (Å²) in [6.45, 7) is 10.00. The molecule has 0 unspecified atom stereocenters. The van der Waals surface area contributed by atoms with Crippen molar-refractivity contribution in [2.45, 2.75) is 57.0 Å². The highest BCUT2D eigenvalue weighted by atomic mass is 32.2. The third-order valence-electron chi connectivity index (χ3n) is 4.31. The Hall–Kier alpha value is -0.590. The Bertz CT molecular complexity index is 455. The van der Waals surface area contributed by atoms with Crippen LogP contribution in [0.5, 0.6) is 0 Å². The van der Waals surface area contributed by atoms with Crippen LogP contribution in [0.25, 0.3) is 0 Å². The second kappa shape index (κ2) is 6.67. The quantitative estimate of drug-likeness (QED) is 0.867. The summed E-state index contributed by atoms with van der Waals surface area (Å²) in [7, 11) is 0. The maximum Gasteiger partial charge on any atom is 0.0964 e. The molecule has 1 aliphatic heterocycles. The molecule has 0 aromatic carbocycles. The van der Waals surface area contributed by atoms with E-state index in [2.05, 4.69) is 52.3 Å². The fraction of sp³-hybridized carbons (Fsp3) is 0.867. The predicted molar refractivity (Wildman–Crippen MR) is 87.5 cm³/mol. The third kappa shape index (κ3) is 4.97.